The number of nitrogens with zero attached hydrogens (tertiary/aromatic N) is 5. The quantitative estimate of drug-likeness (QED) is 0.651. The molecule has 0 saturated heterocycles. The van der Waals surface area contributed by atoms with Crippen molar-refractivity contribution in [1.82, 2.24) is 25.2 Å². The third kappa shape index (κ3) is 2.86. The van der Waals surface area contributed by atoms with Gasteiger partial charge in [-0.3, -0.25) is 4.98 Å². The van der Waals surface area contributed by atoms with Gasteiger partial charge in [0.25, 0.3) is 0 Å². The van der Waals surface area contributed by atoms with Crippen LogP contribution in [0.25, 0.3) is 0 Å². The summed E-state index contributed by atoms with van der Waals surface area (Å²) in [7, 11) is 0. The smallest absolute Gasteiger partial charge is 0.209 e. The lowest BCUT2D eigenvalue weighted by Gasteiger charge is -2.04. The van der Waals surface area contributed by atoms with E-state index < -0.39 is 0 Å². The number of thioether (sulfide) groups is 1. The molecule has 0 amide bonds. The maximum Gasteiger partial charge on any atom is 0.209 e. The van der Waals surface area contributed by atoms with E-state index in [4.69, 9.17) is 0 Å². The van der Waals surface area contributed by atoms with Crippen LogP contribution in [0.2, 0.25) is 0 Å². The Bertz CT molecular complexity index is 554. The highest BCUT2D eigenvalue weighted by Crippen LogP contribution is 2.24. The molecule has 2 aromatic heterocycles. The van der Waals surface area contributed by atoms with Crippen LogP contribution in [0.3, 0.4) is 0 Å². The average Bonchev–Trinajstić information content (AvgIpc) is 2.78. The fourth-order valence-corrected chi connectivity index (χ4v) is 2.21. The monoisotopic (exact) mass is 263 g/mol. The molecule has 0 saturated carbocycles. The van der Waals surface area contributed by atoms with Gasteiger partial charge in [-0.2, -0.15) is 0 Å². The highest BCUT2D eigenvalue weighted by Gasteiger charge is 2.09. The van der Waals surface area contributed by atoms with Gasteiger partial charge in [0, 0.05) is 11.4 Å². The van der Waals surface area contributed by atoms with Gasteiger partial charge in [0.1, 0.15) is 5.75 Å². The fourth-order valence-electron chi connectivity index (χ4n) is 1.38. The van der Waals surface area contributed by atoms with Crippen LogP contribution in [-0.2, 0) is 12.3 Å². The Labute approximate surface area is 109 Å². The van der Waals surface area contributed by atoms with Gasteiger partial charge in [0.15, 0.2) is 0 Å². The number of tetrazole rings is 1. The van der Waals surface area contributed by atoms with E-state index >= 15 is 0 Å². The molecule has 0 aliphatic rings. The van der Waals surface area contributed by atoms with Crippen molar-refractivity contribution in [2.45, 2.75) is 24.4 Å². The number of hydrogen-bond donors (Lipinski definition) is 1. The summed E-state index contributed by atoms with van der Waals surface area (Å²) in [5, 5.41) is 21.7. The van der Waals surface area contributed by atoms with Crippen molar-refractivity contribution in [3.63, 3.8) is 0 Å². The highest BCUT2D eigenvalue weighted by atomic mass is 32.2. The Hall–Kier alpha value is -1.89. The molecule has 0 aromatic carbocycles. The molecule has 0 bridgehead atoms. The zero-order valence-corrected chi connectivity index (χ0v) is 10.8. The molecule has 2 aromatic rings. The first kappa shape index (κ1) is 12.6. The molecular weight excluding hydrogens is 250 g/mol. The zero-order chi connectivity index (χ0) is 13.0. The lowest BCUT2D eigenvalue weighted by Crippen LogP contribution is -2.00. The van der Waals surface area contributed by atoms with E-state index in [-0.39, 0.29) is 5.75 Å². The molecule has 7 heteroatoms. The van der Waals surface area contributed by atoms with E-state index in [1.807, 2.05) is 6.92 Å². The van der Waals surface area contributed by atoms with Crippen molar-refractivity contribution in [3.05, 3.63) is 36.2 Å². The van der Waals surface area contributed by atoms with Crippen LogP contribution in [-0.4, -0.2) is 30.3 Å². The summed E-state index contributed by atoms with van der Waals surface area (Å²) in [5.41, 5.74) is 1.50. The van der Waals surface area contributed by atoms with E-state index in [1.54, 1.807) is 22.9 Å². The van der Waals surface area contributed by atoms with Gasteiger partial charge in [-0.25, -0.2) is 4.68 Å². The predicted octanol–water partition coefficient (Wildman–Crippen LogP) is 1.56. The first-order valence-corrected chi connectivity index (χ1v) is 6.34. The minimum absolute atomic E-state index is 0.191. The summed E-state index contributed by atoms with van der Waals surface area (Å²) >= 11 is 1.43. The molecule has 0 aliphatic carbocycles. The third-order valence-electron chi connectivity index (χ3n) is 2.23. The first-order valence-electron chi connectivity index (χ1n) is 5.36. The topological polar surface area (TPSA) is 76.7 Å². The number of hydrogen-bond acceptors (Lipinski definition) is 6. The van der Waals surface area contributed by atoms with E-state index in [1.165, 1.54) is 11.8 Å². The molecule has 18 heavy (non-hydrogen) atoms. The van der Waals surface area contributed by atoms with Gasteiger partial charge >= 0.3 is 0 Å². The molecule has 1 N–H and O–H groups in total. The molecule has 0 spiro atoms. The Morgan fingerprint density at radius 1 is 1.50 bits per heavy atom. The zero-order valence-electron chi connectivity index (χ0n) is 9.94. The average molecular weight is 263 g/mol. The molecule has 0 radical (unpaired) electrons. The summed E-state index contributed by atoms with van der Waals surface area (Å²) < 4.78 is 1.64. The molecule has 2 heterocycles. The van der Waals surface area contributed by atoms with Crippen LogP contribution in [0, 0.1) is 6.92 Å². The normalized spacial score (nSPS) is 10.5. The maximum absolute atomic E-state index is 9.69. The van der Waals surface area contributed by atoms with E-state index in [0.29, 0.717) is 23.1 Å². The summed E-state index contributed by atoms with van der Waals surface area (Å²) in [5.74, 6) is 0.709. The Morgan fingerprint density at radius 3 is 3.11 bits per heavy atom. The number of aromatic nitrogens is 5. The van der Waals surface area contributed by atoms with Crippen LogP contribution in [0.4, 0.5) is 0 Å². The van der Waals surface area contributed by atoms with Gasteiger partial charge in [0.05, 0.1) is 12.2 Å². The van der Waals surface area contributed by atoms with Crippen molar-refractivity contribution < 1.29 is 5.11 Å². The second-order valence-corrected chi connectivity index (χ2v) is 4.58. The molecule has 2 rings (SSSR count). The van der Waals surface area contributed by atoms with Crippen LogP contribution in [0.5, 0.6) is 5.75 Å². The number of aryl methyl sites for hydroxylation is 1. The van der Waals surface area contributed by atoms with Crippen molar-refractivity contribution in [3.8, 4) is 5.75 Å². The van der Waals surface area contributed by atoms with Gasteiger partial charge in [-0.05, 0) is 29.5 Å². The highest BCUT2D eigenvalue weighted by molar-refractivity contribution is 7.98. The van der Waals surface area contributed by atoms with E-state index in [9.17, 15) is 5.11 Å². The lowest BCUT2D eigenvalue weighted by molar-refractivity contribution is 0.466. The fraction of sp³-hybridized carbons (Fsp3) is 0.273. The van der Waals surface area contributed by atoms with Crippen LogP contribution >= 0.6 is 11.8 Å². The summed E-state index contributed by atoms with van der Waals surface area (Å²) in [6.45, 7) is 6.09. The van der Waals surface area contributed by atoms with E-state index in [0.717, 1.165) is 5.69 Å². The minimum atomic E-state index is 0.191. The second-order valence-electron chi connectivity index (χ2n) is 3.64. The SMILES string of the molecule is C=CCn1nnnc1SCc1nc(C)ccc1O. The Kier molecular flexibility index (Phi) is 3.93. The molecule has 0 fully saturated rings. The van der Waals surface area contributed by atoms with Crippen LogP contribution < -0.4 is 0 Å². The Balaban J connectivity index is 2.08. The molecule has 6 nitrogen and oxygen atoms in total. The number of rotatable bonds is 5. The summed E-state index contributed by atoms with van der Waals surface area (Å²) in [6.07, 6.45) is 1.73. The van der Waals surface area contributed by atoms with Gasteiger partial charge in [-0.1, -0.05) is 17.8 Å². The molecule has 94 valence electrons. The third-order valence-corrected chi connectivity index (χ3v) is 3.20. The van der Waals surface area contributed by atoms with Gasteiger partial charge in [0.2, 0.25) is 5.16 Å². The summed E-state index contributed by atoms with van der Waals surface area (Å²) in [6, 6.07) is 3.41. The predicted molar refractivity (Wildman–Crippen MR) is 68.2 cm³/mol. The van der Waals surface area contributed by atoms with Gasteiger partial charge in [-0.15, -0.1) is 11.7 Å². The van der Waals surface area contributed by atoms with E-state index in [2.05, 4.69) is 27.1 Å². The molecular formula is C11H13N5OS. The number of pyridine rings is 1. The van der Waals surface area contributed by atoms with Crippen molar-refractivity contribution in [1.29, 1.82) is 0 Å². The first-order chi connectivity index (χ1) is 8.70. The lowest BCUT2D eigenvalue weighted by atomic mass is 10.3. The number of allylic oxidation sites excluding steroid dienone is 1. The minimum Gasteiger partial charge on any atom is -0.506 e. The van der Waals surface area contributed by atoms with Crippen LogP contribution in [0.15, 0.2) is 29.9 Å². The largest absolute Gasteiger partial charge is 0.506 e. The van der Waals surface area contributed by atoms with Crippen molar-refractivity contribution >= 4 is 11.8 Å². The standard InChI is InChI=1S/C11H13N5OS/c1-3-6-16-11(13-14-15-16)18-7-9-10(17)5-4-8(2)12-9/h3-5,17H,1,6-7H2,2H3. The van der Waals surface area contributed by atoms with Crippen LogP contribution in [0.1, 0.15) is 11.4 Å². The number of aromatic hydroxyl groups is 1. The van der Waals surface area contributed by atoms with Gasteiger partial charge < -0.3 is 5.11 Å². The molecule has 0 atom stereocenters. The maximum atomic E-state index is 9.69. The Morgan fingerprint density at radius 2 is 2.33 bits per heavy atom. The molecule has 0 aliphatic heterocycles. The second kappa shape index (κ2) is 5.63. The molecule has 0 unspecified atom stereocenters. The van der Waals surface area contributed by atoms with Crippen molar-refractivity contribution in [2.24, 2.45) is 0 Å². The summed E-state index contributed by atoms with van der Waals surface area (Å²) in [4.78, 5) is 4.28. The van der Waals surface area contributed by atoms with Crippen molar-refractivity contribution in [2.75, 3.05) is 0 Å².